The molecule has 1 aromatic carbocycles. The van der Waals surface area contributed by atoms with Crippen LogP contribution in [0.15, 0.2) is 53.6 Å². The van der Waals surface area contributed by atoms with E-state index in [0.29, 0.717) is 45.3 Å². The molecule has 26 heavy (non-hydrogen) atoms. The topological polar surface area (TPSA) is 72.0 Å². The van der Waals surface area contributed by atoms with E-state index in [1.165, 1.54) is 10.5 Å². The standard InChI is InChI=1S/C18H23N3O4S/c1-20(9-14-25-16-5-3-2-4-6-16)18-8-7-17(15-19-18)26(22,23)21-10-12-24-13-11-21/h2-8,15H,9-14H2,1H3. The van der Waals surface area contributed by atoms with Gasteiger partial charge in [-0.05, 0) is 24.3 Å². The summed E-state index contributed by atoms with van der Waals surface area (Å²) in [5.74, 6) is 1.52. The summed E-state index contributed by atoms with van der Waals surface area (Å²) in [5.41, 5.74) is 0. The van der Waals surface area contributed by atoms with E-state index in [4.69, 9.17) is 9.47 Å². The lowest BCUT2D eigenvalue weighted by Crippen LogP contribution is -2.40. The smallest absolute Gasteiger partial charge is 0.244 e. The van der Waals surface area contributed by atoms with Crippen molar-refractivity contribution in [2.75, 3.05) is 51.4 Å². The average molecular weight is 377 g/mol. The number of para-hydroxylation sites is 1. The van der Waals surface area contributed by atoms with E-state index >= 15 is 0 Å². The Balaban J connectivity index is 1.58. The first-order valence-corrected chi connectivity index (χ1v) is 9.94. The third-order valence-electron chi connectivity index (χ3n) is 4.16. The van der Waals surface area contributed by atoms with E-state index in [9.17, 15) is 8.42 Å². The summed E-state index contributed by atoms with van der Waals surface area (Å²) < 4.78 is 37.5. The predicted molar refractivity (Wildman–Crippen MR) is 99.0 cm³/mol. The molecule has 0 aliphatic carbocycles. The van der Waals surface area contributed by atoms with Crippen molar-refractivity contribution in [2.45, 2.75) is 4.90 Å². The van der Waals surface area contributed by atoms with Crippen molar-refractivity contribution in [3.8, 4) is 5.75 Å². The second kappa shape index (κ2) is 8.48. The molecule has 7 nitrogen and oxygen atoms in total. The van der Waals surface area contributed by atoms with Gasteiger partial charge in [-0.2, -0.15) is 4.31 Å². The molecule has 0 radical (unpaired) electrons. The largest absolute Gasteiger partial charge is 0.492 e. The number of likely N-dealkylation sites (N-methyl/N-ethyl adjacent to an activating group) is 1. The summed E-state index contributed by atoms with van der Waals surface area (Å²) in [6.45, 7) is 2.75. The molecule has 8 heteroatoms. The summed E-state index contributed by atoms with van der Waals surface area (Å²) in [6.07, 6.45) is 1.41. The molecule has 1 fully saturated rings. The van der Waals surface area contributed by atoms with Gasteiger partial charge in [-0.3, -0.25) is 0 Å². The molecular formula is C18H23N3O4S. The Morgan fingerprint density at radius 3 is 2.54 bits per heavy atom. The van der Waals surface area contributed by atoms with Crippen LogP contribution in [0.1, 0.15) is 0 Å². The van der Waals surface area contributed by atoms with Crippen LogP contribution in [0.2, 0.25) is 0 Å². The van der Waals surface area contributed by atoms with Gasteiger partial charge in [-0.25, -0.2) is 13.4 Å². The van der Waals surface area contributed by atoms with Gasteiger partial charge in [0.1, 0.15) is 23.1 Å². The maximum Gasteiger partial charge on any atom is 0.244 e. The molecule has 2 heterocycles. The van der Waals surface area contributed by atoms with Crippen LogP contribution in [0.25, 0.3) is 0 Å². The third-order valence-corrected chi connectivity index (χ3v) is 6.04. The number of sulfonamides is 1. The number of aromatic nitrogens is 1. The normalized spacial score (nSPS) is 15.6. The SMILES string of the molecule is CN(CCOc1ccccc1)c1ccc(S(=O)(=O)N2CCOCC2)cn1. The highest BCUT2D eigenvalue weighted by atomic mass is 32.2. The Kier molecular flexibility index (Phi) is 6.08. The van der Waals surface area contributed by atoms with Gasteiger partial charge in [0.05, 0.1) is 19.8 Å². The lowest BCUT2D eigenvalue weighted by Gasteiger charge is -2.26. The van der Waals surface area contributed by atoms with Crippen molar-refractivity contribution in [1.29, 1.82) is 0 Å². The minimum atomic E-state index is -3.51. The zero-order valence-corrected chi connectivity index (χ0v) is 15.6. The highest BCUT2D eigenvalue weighted by molar-refractivity contribution is 7.89. The molecule has 0 unspecified atom stereocenters. The van der Waals surface area contributed by atoms with Gasteiger partial charge in [-0.1, -0.05) is 18.2 Å². The predicted octanol–water partition coefficient (Wildman–Crippen LogP) is 1.62. The van der Waals surface area contributed by atoms with E-state index < -0.39 is 10.0 Å². The van der Waals surface area contributed by atoms with Gasteiger partial charge in [0.15, 0.2) is 0 Å². The zero-order valence-electron chi connectivity index (χ0n) is 14.7. The van der Waals surface area contributed by atoms with Crippen molar-refractivity contribution >= 4 is 15.8 Å². The number of rotatable bonds is 7. The molecule has 3 rings (SSSR count). The quantitative estimate of drug-likeness (QED) is 0.730. The molecule has 0 amide bonds. The maximum atomic E-state index is 12.6. The third kappa shape index (κ3) is 4.51. The zero-order chi connectivity index (χ0) is 18.4. The van der Waals surface area contributed by atoms with Crippen molar-refractivity contribution in [3.05, 3.63) is 48.7 Å². The lowest BCUT2D eigenvalue weighted by molar-refractivity contribution is 0.0730. The lowest BCUT2D eigenvalue weighted by atomic mass is 10.3. The van der Waals surface area contributed by atoms with Crippen molar-refractivity contribution in [3.63, 3.8) is 0 Å². The summed E-state index contributed by atoms with van der Waals surface area (Å²) >= 11 is 0. The number of morpholine rings is 1. The molecular weight excluding hydrogens is 354 g/mol. The highest BCUT2D eigenvalue weighted by Gasteiger charge is 2.26. The Hall–Kier alpha value is -2.16. The van der Waals surface area contributed by atoms with Gasteiger partial charge < -0.3 is 14.4 Å². The van der Waals surface area contributed by atoms with Gasteiger partial charge in [0.2, 0.25) is 10.0 Å². The molecule has 0 atom stereocenters. The summed E-state index contributed by atoms with van der Waals surface area (Å²) in [4.78, 5) is 6.43. The number of benzene rings is 1. The molecule has 1 aliphatic rings. The first-order chi connectivity index (χ1) is 12.6. The van der Waals surface area contributed by atoms with Gasteiger partial charge in [0.25, 0.3) is 0 Å². The second-order valence-electron chi connectivity index (χ2n) is 5.95. The molecule has 140 valence electrons. The van der Waals surface area contributed by atoms with E-state index in [0.717, 1.165) is 5.75 Å². The van der Waals surface area contributed by atoms with E-state index in [-0.39, 0.29) is 4.90 Å². The number of ether oxygens (including phenoxy) is 2. The van der Waals surface area contributed by atoms with Crippen LogP contribution in [0.4, 0.5) is 5.82 Å². The van der Waals surface area contributed by atoms with Gasteiger partial charge in [0, 0.05) is 26.3 Å². The van der Waals surface area contributed by atoms with E-state index in [1.807, 2.05) is 42.3 Å². The molecule has 0 bridgehead atoms. The van der Waals surface area contributed by atoms with Crippen LogP contribution >= 0.6 is 0 Å². The number of hydrogen-bond acceptors (Lipinski definition) is 6. The summed E-state index contributed by atoms with van der Waals surface area (Å²) in [7, 11) is -1.61. The molecule has 1 aliphatic heterocycles. The molecule has 0 saturated carbocycles. The molecule has 1 saturated heterocycles. The number of hydrogen-bond donors (Lipinski definition) is 0. The van der Waals surface area contributed by atoms with Crippen LogP contribution < -0.4 is 9.64 Å². The minimum Gasteiger partial charge on any atom is -0.492 e. The molecule has 0 N–H and O–H groups in total. The molecule has 1 aromatic heterocycles. The molecule has 2 aromatic rings. The van der Waals surface area contributed by atoms with E-state index in [1.54, 1.807) is 12.1 Å². The van der Waals surface area contributed by atoms with Crippen LogP contribution in [-0.2, 0) is 14.8 Å². The first kappa shape index (κ1) is 18.6. The van der Waals surface area contributed by atoms with Gasteiger partial charge >= 0.3 is 0 Å². The Bertz CT molecular complexity index is 791. The number of pyridine rings is 1. The minimum absolute atomic E-state index is 0.206. The summed E-state index contributed by atoms with van der Waals surface area (Å²) in [6, 6.07) is 12.9. The van der Waals surface area contributed by atoms with Crippen molar-refractivity contribution in [2.24, 2.45) is 0 Å². The second-order valence-corrected chi connectivity index (χ2v) is 7.89. The highest BCUT2D eigenvalue weighted by Crippen LogP contribution is 2.18. The Morgan fingerprint density at radius 2 is 1.88 bits per heavy atom. The van der Waals surface area contributed by atoms with Crippen LogP contribution in [0, 0.1) is 0 Å². The van der Waals surface area contributed by atoms with Crippen molar-refractivity contribution < 1.29 is 17.9 Å². The van der Waals surface area contributed by atoms with Crippen LogP contribution in [0.3, 0.4) is 0 Å². The fourth-order valence-corrected chi connectivity index (χ4v) is 3.97. The average Bonchev–Trinajstić information content (AvgIpc) is 2.69. The van der Waals surface area contributed by atoms with Crippen LogP contribution in [0.5, 0.6) is 5.75 Å². The fraction of sp³-hybridized carbons (Fsp3) is 0.389. The number of nitrogens with zero attached hydrogens (tertiary/aromatic N) is 3. The fourth-order valence-electron chi connectivity index (χ4n) is 2.62. The monoisotopic (exact) mass is 377 g/mol. The Morgan fingerprint density at radius 1 is 1.15 bits per heavy atom. The summed E-state index contributed by atoms with van der Waals surface area (Å²) in [5, 5.41) is 0. The maximum absolute atomic E-state index is 12.6. The van der Waals surface area contributed by atoms with E-state index in [2.05, 4.69) is 4.98 Å². The van der Waals surface area contributed by atoms with Crippen LogP contribution in [-0.4, -0.2) is 64.2 Å². The number of anilines is 1. The van der Waals surface area contributed by atoms with Gasteiger partial charge in [-0.15, -0.1) is 0 Å². The Labute approximate surface area is 154 Å². The van der Waals surface area contributed by atoms with Crippen molar-refractivity contribution in [1.82, 2.24) is 9.29 Å². The first-order valence-electron chi connectivity index (χ1n) is 8.50. The molecule has 0 spiro atoms.